The van der Waals surface area contributed by atoms with Gasteiger partial charge in [-0.05, 0) is 43.7 Å². The molecule has 0 radical (unpaired) electrons. The molecular weight excluding hydrogens is 264 g/mol. The molecule has 2 aromatic rings. The van der Waals surface area contributed by atoms with Gasteiger partial charge in [-0.2, -0.15) is 0 Å². The van der Waals surface area contributed by atoms with Crippen molar-refractivity contribution in [2.24, 2.45) is 0 Å². The zero-order valence-corrected chi connectivity index (χ0v) is 13.1. The van der Waals surface area contributed by atoms with Crippen molar-refractivity contribution in [2.45, 2.75) is 27.0 Å². The first-order chi connectivity index (χ1) is 10.1. The van der Waals surface area contributed by atoms with Gasteiger partial charge in [-0.25, -0.2) is 4.98 Å². The predicted octanol–water partition coefficient (Wildman–Crippen LogP) is 3.01. The van der Waals surface area contributed by atoms with Gasteiger partial charge in [0, 0.05) is 12.6 Å². The molecule has 1 aromatic heterocycles. The van der Waals surface area contributed by atoms with Crippen LogP contribution < -0.4 is 14.8 Å². The third-order valence-electron chi connectivity index (χ3n) is 3.26. The summed E-state index contributed by atoms with van der Waals surface area (Å²) in [5.41, 5.74) is 4.40. The Labute approximate surface area is 126 Å². The van der Waals surface area contributed by atoms with Crippen LogP contribution in [0.1, 0.15) is 22.4 Å². The molecule has 0 atom stereocenters. The van der Waals surface area contributed by atoms with Crippen molar-refractivity contribution in [1.29, 1.82) is 0 Å². The fourth-order valence-electron chi connectivity index (χ4n) is 2.37. The van der Waals surface area contributed by atoms with Crippen LogP contribution >= 0.6 is 0 Å². The molecule has 0 aliphatic rings. The molecule has 1 N–H and O–H groups in total. The molecule has 112 valence electrons. The molecule has 4 heteroatoms. The number of aryl methyl sites for hydroxylation is 2. The minimum Gasteiger partial charge on any atom is -0.487 e. The summed E-state index contributed by atoms with van der Waals surface area (Å²) in [5, 5.41) is 3.16. The number of pyridine rings is 1. The van der Waals surface area contributed by atoms with Gasteiger partial charge in [0.15, 0.2) is 0 Å². The van der Waals surface area contributed by atoms with Gasteiger partial charge >= 0.3 is 0 Å². The van der Waals surface area contributed by atoms with E-state index in [0.717, 1.165) is 29.1 Å². The van der Waals surface area contributed by atoms with Gasteiger partial charge in [-0.15, -0.1) is 0 Å². The highest BCUT2D eigenvalue weighted by Crippen LogP contribution is 2.25. The van der Waals surface area contributed by atoms with Crippen LogP contribution in [0.5, 0.6) is 11.6 Å². The number of benzene rings is 1. The Kier molecular flexibility index (Phi) is 5.17. The Morgan fingerprint density at radius 1 is 1.14 bits per heavy atom. The van der Waals surface area contributed by atoms with E-state index in [1.807, 2.05) is 25.2 Å². The maximum Gasteiger partial charge on any atom is 0.213 e. The SMILES string of the molecule is CNCc1cc(C)c(OCc2cccc(OC)n2)c(C)c1. The van der Waals surface area contributed by atoms with Gasteiger partial charge in [0.05, 0.1) is 12.8 Å². The standard InChI is InChI=1S/C17H22N2O2/c1-12-8-14(10-18-3)9-13(2)17(12)21-11-15-6-5-7-16(19-15)20-4/h5-9,18H,10-11H2,1-4H3. The summed E-state index contributed by atoms with van der Waals surface area (Å²) < 4.78 is 11.1. The first-order valence-electron chi connectivity index (χ1n) is 7.01. The summed E-state index contributed by atoms with van der Waals surface area (Å²) in [4.78, 5) is 4.36. The number of hydrogen-bond donors (Lipinski definition) is 1. The molecule has 0 aliphatic carbocycles. The van der Waals surface area contributed by atoms with E-state index in [9.17, 15) is 0 Å². The third kappa shape index (κ3) is 3.95. The molecule has 0 saturated carbocycles. The average molecular weight is 286 g/mol. The third-order valence-corrected chi connectivity index (χ3v) is 3.26. The first-order valence-corrected chi connectivity index (χ1v) is 7.01. The fraction of sp³-hybridized carbons (Fsp3) is 0.353. The van der Waals surface area contributed by atoms with E-state index in [4.69, 9.17) is 9.47 Å². The fourth-order valence-corrected chi connectivity index (χ4v) is 2.37. The van der Waals surface area contributed by atoms with E-state index < -0.39 is 0 Å². The van der Waals surface area contributed by atoms with E-state index in [1.54, 1.807) is 7.11 Å². The van der Waals surface area contributed by atoms with E-state index in [-0.39, 0.29) is 0 Å². The van der Waals surface area contributed by atoms with Crippen molar-refractivity contribution >= 4 is 0 Å². The smallest absolute Gasteiger partial charge is 0.213 e. The van der Waals surface area contributed by atoms with E-state index in [1.165, 1.54) is 5.56 Å². The van der Waals surface area contributed by atoms with Gasteiger partial charge in [0.25, 0.3) is 0 Å². The molecule has 0 saturated heterocycles. The summed E-state index contributed by atoms with van der Waals surface area (Å²) in [6.07, 6.45) is 0. The van der Waals surface area contributed by atoms with Gasteiger partial charge in [0.1, 0.15) is 12.4 Å². The molecular formula is C17H22N2O2. The van der Waals surface area contributed by atoms with Gasteiger partial charge < -0.3 is 14.8 Å². The number of methoxy groups -OCH3 is 1. The van der Waals surface area contributed by atoms with Crippen LogP contribution in [0, 0.1) is 13.8 Å². The lowest BCUT2D eigenvalue weighted by molar-refractivity contribution is 0.294. The van der Waals surface area contributed by atoms with Gasteiger partial charge in [-0.3, -0.25) is 0 Å². The minimum atomic E-state index is 0.435. The van der Waals surface area contributed by atoms with Crippen molar-refractivity contribution in [3.8, 4) is 11.6 Å². The second kappa shape index (κ2) is 7.09. The molecule has 0 amide bonds. The van der Waals surface area contributed by atoms with Crippen LogP contribution in [0.15, 0.2) is 30.3 Å². The molecule has 1 heterocycles. The van der Waals surface area contributed by atoms with Crippen LogP contribution in [0.2, 0.25) is 0 Å². The number of nitrogens with one attached hydrogen (secondary N) is 1. The lowest BCUT2D eigenvalue weighted by atomic mass is 10.1. The van der Waals surface area contributed by atoms with E-state index >= 15 is 0 Å². The number of rotatable bonds is 6. The average Bonchev–Trinajstić information content (AvgIpc) is 2.47. The molecule has 1 aromatic carbocycles. The lowest BCUT2D eigenvalue weighted by Crippen LogP contribution is -2.07. The molecule has 0 unspecified atom stereocenters. The van der Waals surface area contributed by atoms with Crippen molar-refractivity contribution in [1.82, 2.24) is 10.3 Å². The number of ether oxygens (including phenoxy) is 2. The molecule has 2 rings (SSSR count). The maximum absolute atomic E-state index is 5.95. The normalized spacial score (nSPS) is 10.5. The molecule has 4 nitrogen and oxygen atoms in total. The molecule has 0 fully saturated rings. The zero-order chi connectivity index (χ0) is 15.2. The Balaban J connectivity index is 2.12. The Morgan fingerprint density at radius 2 is 1.86 bits per heavy atom. The van der Waals surface area contributed by atoms with Crippen molar-refractivity contribution < 1.29 is 9.47 Å². The van der Waals surface area contributed by atoms with Crippen molar-refractivity contribution in [2.75, 3.05) is 14.2 Å². The van der Waals surface area contributed by atoms with Crippen LogP contribution in [-0.4, -0.2) is 19.1 Å². The summed E-state index contributed by atoms with van der Waals surface area (Å²) in [7, 11) is 3.56. The highest BCUT2D eigenvalue weighted by Gasteiger charge is 2.07. The van der Waals surface area contributed by atoms with E-state index in [2.05, 4.69) is 36.3 Å². The maximum atomic E-state index is 5.95. The summed E-state index contributed by atoms with van der Waals surface area (Å²) in [6.45, 7) is 5.44. The molecule has 21 heavy (non-hydrogen) atoms. The Bertz CT molecular complexity index is 588. The van der Waals surface area contributed by atoms with Crippen molar-refractivity contribution in [3.05, 3.63) is 52.7 Å². The van der Waals surface area contributed by atoms with Crippen LogP contribution in [-0.2, 0) is 13.2 Å². The topological polar surface area (TPSA) is 43.4 Å². The van der Waals surface area contributed by atoms with Crippen LogP contribution in [0.3, 0.4) is 0 Å². The minimum absolute atomic E-state index is 0.435. The summed E-state index contributed by atoms with van der Waals surface area (Å²) >= 11 is 0. The van der Waals surface area contributed by atoms with Gasteiger partial charge in [-0.1, -0.05) is 18.2 Å². The molecule has 0 aliphatic heterocycles. The number of nitrogens with zero attached hydrogens (tertiary/aromatic N) is 1. The van der Waals surface area contributed by atoms with Gasteiger partial charge in [0.2, 0.25) is 5.88 Å². The van der Waals surface area contributed by atoms with E-state index in [0.29, 0.717) is 12.5 Å². The quantitative estimate of drug-likeness (QED) is 0.886. The molecule has 0 bridgehead atoms. The van der Waals surface area contributed by atoms with Crippen molar-refractivity contribution in [3.63, 3.8) is 0 Å². The first kappa shape index (κ1) is 15.3. The van der Waals surface area contributed by atoms with Crippen LogP contribution in [0.4, 0.5) is 0 Å². The monoisotopic (exact) mass is 286 g/mol. The highest BCUT2D eigenvalue weighted by molar-refractivity contribution is 5.43. The summed E-state index contributed by atoms with van der Waals surface area (Å²) in [5.74, 6) is 1.54. The summed E-state index contributed by atoms with van der Waals surface area (Å²) in [6, 6.07) is 9.98. The highest BCUT2D eigenvalue weighted by atomic mass is 16.5. The number of aromatic nitrogens is 1. The predicted molar refractivity (Wildman–Crippen MR) is 83.8 cm³/mol. The second-order valence-electron chi connectivity index (χ2n) is 5.05. The number of hydrogen-bond acceptors (Lipinski definition) is 4. The second-order valence-corrected chi connectivity index (χ2v) is 5.05. The van der Waals surface area contributed by atoms with Crippen LogP contribution in [0.25, 0.3) is 0 Å². The Morgan fingerprint density at radius 3 is 2.48 bits per heavy atom. The Hall–Kier alpha value is -2.07. The lowest BCUT2D eigenvalue weighted by Gasteiger charge is -2.14. The zero-order valence-electron chi connectivity index (χ0n) is 13.1. The largest absolute Gasteiger partial charge is 0.487 e. The molecule has 0 spiro atoms.